The molecule has 1 rings (SSSR count). The fourth-order valence-electron chi connectivity index (χ4n) is 1.65. The van der Waals surface area contributed by atoms with Gasteiger partial charge in [0.25, 0.3) is 0 Å². The molecular weight excluding hydrogens is 331 g/mol. The summed E-state index contributed by atoms with van der Waals surface area (Å²) in [5, 5.41) is 8.24. The van der Waals surface area contributed by atoms with E-state index < -0.39 is 31.7 Å². The normalized spacial score (nSPS) is 14.2. The highest BCUT2D eigenvalue weighted by Gasteiger charge is 2.38. The zero-order chi connectivity index (χ0) is 16.3. The van der Waals surface area contributed by atoms with E-state index in [4.69, 9.17) is 16.7 Å². The number of rotatable bonds is 6. The molecule has 120 valence electrons. The molecule has 9 heteroatoms. The lowest BCUT2D eigenvalue weighted by atomic mass is 10.1. The summed E-state index contributed by atoms with van der Waals surface area (Å²) in [5.41, 5.74) is -1.31. The highest BCUT2D eigenvalue weighted by Crippen LogP contribution is 2.37. The Morgan fingerprint density at radius 2 is 2.00 bits per heavy atom. The van der Waals surface area contributed by atoms with E-state index in [1.165, 1.54) is 0 Å². The van der Waals surface area contributed by atoms with Crippen LogP contribution >= 0.6 is 11.6 Å². The average molecular weight is 346 g/mol. The van der Waals surface area contributed by atoms with Gasteiger partial charge in [-0.2, -0.15) is 13.2 Å². The molecule has 21 heavy (non-hydrogen) atoms. The molecule has 0 saturated carbocycles. The van der Waals surface area contributed by atoms with E-state index in [1.807, 2.05) is 0 Å². The molecule has 1 atom stereocenters. The van der Waals surface area contributed by atoms with Crippen molar-refractivity contribution in [1.29, 1.82) is 0 Å². The molecule has 0 saturated heterocycles. The van der Waals surface area contributed by atoms with Crippen molar-refractivity contribution in [1.82, 2.24) is 4.72 Å². The number of aliphatic hydroxyl groups excluding tert-OH is 1. The van der Waals surface area contributed by atoms with Crippen molar-refractivity contribution in [3.8, 4) is 0 Å². The molecule has 0 amide bonds. The summed E-state index contributed by atoms with van der Waals surface area (Å²) in [5.74, 6) is -0.221. The van der Waals surface area contributed by atoms with Crippen LogP contribution in [0.4, 0.5) is 13.2 Å². The number of hydrogen-bond acceptors (Lipinski definition) is 3. The SMILES string of the molecule is CC(CCO)CNS(=O)(=O)c1c(Cl)cccc1C(F)(F)F. The molecular formula is C12H15ClF3NO3S. The van der Waals surface area contributed by atoms with Crippen molar-refractivity contribution < 1.29 is 26.7 Å². The molecule has 0 radical (unpaired) electrons. The zero-order valence-electron chi connectivity index (χ0n) is 11.1. The van der Waals surface area contributed by atoms with Crippen LogP contribution in [0.2, 0.25) is 5.02 Å². The second-order valence-corrected chi connectivity index (χ2v) is 6.69. The predicted octanol–water partition coefficient (Wildman–Crippen LogP) is 2.66. The van der Waals surface area contributed by atoms with Crippen LogP contribution in [0.1, 0.15) is 18.9 Å². The van der Waals surface area contributed by atoms with Gasteiger partial charge in [-0.3, -0.25) is 0 Å². The van der Waals surface area contributed by atoms with E-state index in [0.29, 0.717) is 12.5 Å². The summed E-state index contributed by atoms with van der Waals surface area (Å²) in [7, 11) is -4.40. The molecule has 1 aromatic rings. The van der Waals surface area contributed by atoms with E-state index in [0.717, 1.165) is 12.1 Å². The van der Waals surface area contributed by atoms with Gasteiger partial charge in [-0.15, -0.1) is 0 Å². The van der Waals surface area contributed by atoms with Gasteiger partial charge in [-0.1, -0.05) is 24.6 Å². The standard InChI is InChI=1S/C12H15ClF3NO3S/c1-8(5-6-18)7-17-21(19,20)11-9(12(14,15)16)3-2-4-10(11)13/h2-4,8,17-18H,5-7H2,1H3. The maximum absolute atomic E-state index is 12.9. The molecule has 0 aliphatic rings. The van der Waals surface area contributed by atoms with Crippen LogP contribution in [0.15, 0.2) is 23.1 Å². The van der Waals surface area contributed by atoms with Crippen molar-refractivity contribution in [2.75, 3.05) is 13.2 Å². The maximum atomic E-state index is 12.9. The van der Waals surface area contributed by atoms with Crippen LogP contribution in [0.5, 0.6) is 0 Å². The number of nitrogens with one attached hydrogen (secondary N) is 1. The Morgan fingerprint density at radius 1 is 1.38 bits per heavy atom. The quantitative estimate of drug-likeness (QED) is 0.833. The summed E-state index contributed by atoms with van der Waals surface area (Å²) in [6.07, 6.45) is -4.50. The van der Waals surface area contributed by atoms with E-state index in [9.17, 15) is 21.6 Å². The molecule has 0 bridgehead atoms. The van der Waals surface area contributed by atoms with Crippen LogP contribution in [0.3, 0.4) is 0 Å². The van der Waals surface area contributed by atoms with Crippen LogP contribution in [-0.4, -0.2) is 26.7 Å². The van der Waals surface area contributed by atoms with Crippen LogP contribution in [-0.2, 0) is 16.2 Å². The van der Waals surface area contributed by atoms with Gasteiger partial charge in [-0.05, 0) is 24.5 Å². The zero-order valence-corrected chi connectivity index (χ0v) is 12.7. The third-order valence-electron chi connectivity index (χ3n) is 2.78. The van der Waals surface area contributed by atoms with Crippen molar-refractivity contribution in [3.05, 3.63) is 28.8 Å². The van der Waals surface area contributed by atoms with Gasteiger partial charge < -0.3 is 5.11 Å². The smallest absolute Gasteiger partial charge is 0.396 e. The first kappa shape index (κ1) is 18.2. The molecule has 4 nitrogen and oxygen atoms in total. The predicted molar refractivity (Wildman–Crippen MR) is 72.5 cm³/mol. The minimum absolute atomic E-state index is 0.0919. The molecule has 0 heterocycles. The summed E-state index contributed by atoms with van der Waals surface area (Å²) in [6, 6.07) is 2.79. The molecule has 1 aromatic carbocycles. The number of sulfonamides is 1. The number of alkyl halides is 3. The molecule has 2 N–H and O–H groups in total. The third kappa shape index (κ3) is 4.84. The Kier molecular flexibility index (Phi) is 6.03. The number of aliphatic hydroxyl groups is 1. The molecule has 0 fully saturated rings. The lowest BCUT2D eigenvalue weighted by molar-refractivity contribution is -0.139. The maximum Gasteiger partial charge on any atom is 0.417 e. The molecule has 1 unspecified atom stereocenters. The fourth-order valence-corrected chi connectivity index (χ4v) is 3.58. The lowest BCUT2D eigenvalue weighted by Gasteiger charge is -2.16. The van der Waals surface area contributed by atoms with E-state index in [-0.39, 0.29) is 19.1 Å². The highest BCUT2D eigenvalue weighted by atomic mass is 35.5. The summed E-state index contributed by atoms with van der Waals surface area (Å²) in [6.45, 7) is 1.43. The second kappa shape index (κ2) is 6.95. The van der Waals surface area contributed by atoms with Gasteiger partial charge in [0.1, 0.15) is 4.90 Å². The number of halogens is 4. The van der Waals surface area contributed by atoms with Gasteiger partial charge in [-0.25, -0.2) is 13.1 Å². The first-order valence-electron chi connectivity index (χ1n) is 6.06. The summed E-state index contributed by atoms with van der Waals surface area (Å²) >= 11 is 5.64. The van der Waals surface area contributed by atoms with Gasteiger partial charge >= 0.3 is 6.18 Å². The summed E-state index contributed by atoms with van der Waals surface area (Å²) < 4.78 is 64.9. The van der Waals surface area contributed by atoms with E-state index >= 15 is 0 Å². The van der Waals surface area contributed by atoms with Crippen LogP contribution < -0.4 is 4.72 Å². The molecule has 0 aliphatic carbocycles. The van der Waals surface area contributed by atoms with E-state index in [2.05, 4.69) is 4.72 Å². The van der Waals surface area contributed by atoms with Crippen molar-refractivity contribution in [2.45, 2.75) is 24.4 Å². The van der Waals surface area contributed by atoms with Crippen LogP contribution in [0.25, 0.3) is 0 Å². The van der Waals surface area contributed by atoms with Gasteiger partial charge in [0.2, 0.25) is 10.0 Å². The molecule has 0 aliphatic heterocycles. The van der Waals surface area contributed by atoms with Gasteiger partial charge in [0.05, 0.1) is 10.6 Å². The minimum Gasteiger partial charge on any atom is -0.396 e. The number of hydrogen-bond donors (Lipinski definition) is 2. The molecule has 0 spiro atoms. The average Bonchev–Trinajstić information content (AvgIpc) is 2.35. The van der Waals surface area contributed by atoms with Gasteiger partial charge in [0, 0.05) is 13.2 Å². The van der Waals surface area contributed by atoms with Crippen molar-refractivity contribution in [3.63, 3.8) is 0 Å². The van der Waals surface area contributed by atoms with E-state index in [1.54, 1.807) is 6.92 Å². The summed E-state index contributed by atoms with van der Waals surface area (Å²) in [4.78, 5) is -0.977. The Labute approximate surface area is 126 Å². The number of benzene rings is 1. The monoisotopic (exact) mass is 345 g/mol. The topological polar surface area (TPSA) is 66.4 Å². The largest absolute Gasteiger partial charge is 0.417 e. The first-order chi connectivity index (χ1) is 9.59. The minimum atomic E-state index is -4.83. The first-order valence-corrected chi connectivity index (χ1v) is 7.92. The fraction of sp³-hybridized carbons (Fsp3) is 0.500. The van der Waals surface area contributed by atoms with Crippen molar-refractivity contribution in [2.24, 2.45) is 5.92 Å². The third-order valence-corrected chi connectivity index (χ3v) is 4.74. The van der Waals surface area contributed by atoms with Crippen LogP contribution in [0, 0.1) is 5.92 Å². The van der Waals surface area contributed by atoms with Crippen molar-refractivity contribution >= 4 is 21.6 Å². The second-order valence-electron chi connectivity index (χ2n) is 4.58. The van der Waals surface area contributed by atoms with Gasteiger partial charge in [0.15, 0.2) is 0 Å². The Hall–Kier alpha value is -0.830. The highest BCUT2D eigenvalue weighted by molar-refractivity contribution is 7.89. The Morgan fingerprint density at radius 3 is 2.52 bits per heavy atom. The Balaban J connectivity index is 3.14. The Bertz CT molecular complexity index is 590. The lowest BCUT2D eigenvalue weighted by Crippen LogP contribution is -2.30. The molecule has 0 aromatic heterocycles.